The standard InChI is InChI=1S/C9H16N2OS2/c1-3-14(12)5-4-10-6-9-7-13-8(2)11-9/h7,10H,3-6H2,1-2H3. The fraction of sp³-hybridized carbons (Fsp3) is 0.667. The van der Waals surface area contributed by atoms with Gasteiger partial charge in [-0.1, -0.05) is 6.92 Å². The van der Waals surface area contributed by atoms with Crippen molar-refractivity contribution >= 4 is 22.1 Å². The summed E-state index contributed by atoms with van der Waals surface area (Å²) in [4.78, 5) is 4.33. The summed E-state index contributed by atoms with van der Waals surface area (Å²) < 4.78 is 11.1. The van der Waals surface area contributed by atoms with Crippen molar-refractivity contribution in [3.8, 4) is 0 Å². The van der Waals surface area contributed by atoms with Crippen molar-refractivity contribution < 1.29 is 4.21 Å². The molecule has 0 amide bonds. The average molecular weight is 232 g/mol. The minimum Gasteiger partial charge on any atom is -0.310 e. The summed E-state index contributed by atoms with van der Waals surface area (Å²) in [6, 6.07) is 0. The SMILES string of the molecule is CCS(=O)CCNCc1csc(C)n1. The highest BCUT2D eigenvalue weighted by Crippen LogP contribution is 2.06. The molecule has 0 spiro atoms. The van der Waals surface area contributed by atoms with Gasteiger partial charge >= 0.3 is 0 Å². The maximum atomic E-state index is 11.1. The van der Waals surface area contributed by atoms with Crippen LogP contribution in [0.25, 0.3) is 0 Å². The molecule has 1 heterocycles. The highest BCUT2D eigenvalue weighted by Gasteiger charge is 1.98. The first-order chi connectivity index (χ1) is 6.72. The summed E-state index contributed by atoms with van der Waals surface area (Å²) >= 11 is 1.66. The monoisotopic (exact) mass is 232 g/mol. The molecule has 0 aliphatic heterocycles. The van der Waals surface area contributed by atoms with Crippen LogP contribution in [-0.2, 0) is 17.3 Å². The zero-order valence-electron chi connectivity index (χ0n) is 8.58. The molecule has 3 nitrogen and oxygen atoms in total. The molecule has 0 aromatic carbocycles. The van der Waals surface area contributed by atoms with E-state index >= 15 is 0 Å². The van der Waals surface area contributed by atoms with Crippen LogP contribution in [0.4, 0.5) is 0 Å². The van der Waals surface area contributed by atoms with E-state index in [9.17, 15) is 4.21 Å². The summed E-state index contributed by atoms with van der Waals surface area (Å²) in [6.45, 7) is 5.53. The zero-order chi connectivity index (χ0) is 10.4. The van der Waals surface area contributed by atoms with Crippen LogP contribution in [0.2, 0.25) is 0 Å². The second-order valence-corrected chi connectivity index (χ2v) is 5.89. The van der Waals surface area contributed by atoms with Gasteiger partial charge in [-0.05, 0) is 6.92 Å². The van der Waals surface area contributed by atoms with Gasteiger partial charge in [0.25, 0.3) is 0 Å². The number of hydrogen-bond donors (Lipinski definition) is 1. The van der Waals surface area contributed by atoms with Crippen molar-refractivity contribution in [3.63, 3.8) is 0 Å². The summed E-state index contributed by atoms with van der Waals surface area (Å²) in [5.41, 5.74) is 1.08. The molecule has 0 radical (unpaired) electrons. The fourth-order valence-electron chi connectivity index (χ4n) is 1.04. The molecule has 0 bridgehead atoms. The van der Waals surface area contributed by atoms with E-state index in [0.29, 0.717) is 0 Å². The Bertz CT molecular complexity index is 299. The summed E-state index contributed by atoms with van der Waals surface area (Å²) in [7, 11) is -0.660. The highest BCUT2D eigenvalue weighted by molar-refractivity contribution is 7.84. The van der Waals surface area contributed by atoms with Crippen LogP contribution in [0.1, 0.15) is 17.6 Å². The number of aryl methyl sites for hydroxylation is 1. The topological polar surface area (TPSA) is 42.0 Å². The molecule has 0 saturated carbocycles. The quantitative estimate of drug-likeness (QED) is 0.752. The lowest BCUT2D eigenvalue weighted by Gasteiger charge is -2.01. The molecule has 0 saturated heterocycles. The lowest BCUT2D eigenvalue weighted by molar-refractivity contribution is 0.671. The second-order valence-electron chi connectivity index (χ2n) is 2.97. The van der Waals surface area contributed by atoms with E-state index in [1.54, 1.807) is 11.3 Å². The maximum absolute atomic E-state index is 11.1. The third-order valence-electron chi connectivity index (χ3n) is 1.80. The second kappa shape index (κ2) is 6.27. The van der Waals surface area contributed by atoms with Crippen molar-refractivity contribution in [2.45, 2.75) is 20.4 Å². The minimum atomic E-state index is -0.660. The van der Waals surface area contributed by atoms with Crippen LogP contribution in [0.5, 0.6) is 0 Å². The Morgan fingerprint density at radius 2 is 2.43 bits per heavy atom. The molecule has 0 fully saturated rings. The van der Waals surface area contributed by atoms with Gasteiger partial charge in [0.05, 0.1) is 10.7 Å². The number of aromatic nitrogens is 1. The van der Waals surface area contributed by atoms with Crippen molar-refractivity contribution in [1.29, 1.82) is 0 Å². The Hall–Kier alpha value is -0.260. The molecule has 0 aliphatic carbocycles. The third kappa shape index (κ3) is 4.30. The molecule has 1 N–H and O–H groups in total. The predicted octanol–water partition coefficient (Wildman–Crippen LogP) is 1.31. The molecule has 0 aliphatic rings. The third-order valence-corrected chi connectivity index (χ3v) is 3.93. The van der Waals surface area contributed by atoms with Gasteiger partial charge in [-0.15, -0.1) is 11.3 Å². The predicted molar refractivity (Wildman–Crippen MR) is 62.1 cm³/mol. The Kier molecular flexibility index (Phi) is 5.29. The van der Waals surface area contributed by atoms with Gasteiger partial charge in [-0.25, -0.2) is 4.98 Å². The molecule has 1 aromatic heterocycles. The number of rotatable bonds is 6. The Morgan fingerprint density at radius 3 is 3.00 bits per heavy atom. The smallest absolute Gasteiger partial charge is 0.0897 e. The lowest BCUT2D eigenvalue weighted by Crippen LogP contribution is -2.20. The summed E-state index contributed by atoms with van der Waals surface area (Å²) in [5, 5.41) is 6.38. The van der Waals surface area contributed by atoms with E-state index in [1.165, 1.54) is 0 Å². The van der Waals surface area contributed by atoms with Crippen molar-refractivity contribution in [3.05, 3.63) is 16.1 Å². The van der Waals surface area contributed by atoms with E-state index in [1.807, 2.05) is 13.8 Å². The normalized spacial score (nSPS) is 13.0. The van der Waals surface area contributed by atoms with Crippen molar-refractivity contribution in [2.75, 3.05) is 18.1 Å². The van der Waals surface area contributed by atoms with Gasteiger partial charge in [0.2, 0.25) is 0 Å². The summed E-state index contributed by atoms with van der Waals surface area (Å²) in [5.74, 6) is 1.48. The lowest BCUT2D eigenvalue weighted by atomic mass is 10.5. The van der Waals surface area contributed by atoms with Gasteiger partial charge in [0, 0.05) is 40.8 Å². The number of thiazole rings is 1. The largest absolute Gasteiger partial charge is 0.310 e. The minimum absolute atomic E-state index is 0.660. The van der Waals surface area contributed by atoms with Crippen LogP contribution in [-0.4, -0.2) is 27.2 Å². The van der Waals surface area contributed by atoms with Crippen molar-refractivity contribution in [2.24, 2.45) is 0 Å². The van der Waals surface area contributed by atoms with E-state index < -0.39 is 10.8 Å². The molecule has 5 heteroatoms. The molecule has 1 unspecified atom stereocenters. The van der Waals surface area contributed by atoms with Gasteiger partial charge in [0.1, 0.15) is 0 Å². The van der Waals surface area contributed by atoms with Crippen LogP contribution in [0.3, 0.4) is 0 Å². The number of hydrogen-bond acceptors (Lipinski definition) is 4. The fourth-order valence-corrected chi connectivity index (χ4v) is 2.31. The molecule has 1 rings (SSSR count). The van der Waals surface area contributed by atoms with Gasteiger partial charge in [0.15, 0.2) is 0 Å². The van der Waals surface area contributed by atoms with Crippen LogP contribution < -0.4 is 5.32 Å². The molecule has 80 valence electrons. The van der Waals surface area contributed by atoms with Crippen LogP contribution >= 0.6 is 11.3 Å². The van der Waals surface area contributed by atoms with Gasteiger partial charge in [-0.2, -0.15) is 0 Å². The van der Waals surface area contributed by atoms with Crippen molar-refractivity contribution in [1.82, 2.24) is 10.3 Å². The first-order valence-corrected chi connectivity index (χ1v) is 7.06. The molecule has 14 heavy (non-hydrogen) atoms. The Balaban J connectivity index is 2.13. The summed E-state index contributed by atoms with van der Waals surface area (Å²) in [6.07, 6.45) is 0. The number of nitrogens with zero attached hydrogens (tertiary/aromatic N) is 1. The first kappa shape index (κ1) is 11.8. The first-order valence-electron chi connectivity index (χ1n) is 4.69. The number of nitrogens with one attached hydrogen (secondary N) is 1. The molecular formula is C9H16N2OS2. The maximum Gasteiger partial charge on any atom is 0.0897 e. The molecular weight excluding hydrogens is 216 g/mol. The molecule has 1 aromatic rings. The Morgan fingerprint density at radius 1 is 1.64 bits per heavy atom. The van der Waals surface area contributed by atoms with E-state index in [4.69, 9.17) is 0 Å². The van der Waals surface area contributed by atoms with E-state index in [2.05, 4.69) is 15.7 Å². The zero-order valence-corrected chi connectivity index (χ0v) is 10.2. The Labute approximate surface area is 91.4 Å². The van der Waals surface area contributed by atoms with Gasteiger partial charge in [-0.3, -0.25) is 4.21 Å². The van der Waals surface area contributed by atoms with E-state index in [0.717, 1.165) is 35.3 Å². The highest BCUT2D eigenvalue weighted by atomic mass is 32.2. The van der Waals surface area contributed by atoms with Gasteiger partial charge < -0.3 is 5.32 Å². The molecule has 1 atom stereocenters. The van der Waals surface area contributed by atoms with Crippen LogP contribution in [0, 0.1) is 6.92 Å². The van der Waals surface area contributed by atoms with E-state index in [-0.39, 0.29) is 0 Å². The van der Waals surface area contributed by atoms with Crippen LogP contribution in [0.15, 0.2) is 5.38 Å². The average Bonchev–Trinajstić information content (AvgIpc) is 2.58.